The monoisotopic (exact) mass is 266 g/mol. The van der Waals surface area contributed by atoms with E-state index in [1.165, 1.54) is 5.56 Å². The molecule has 0 radical (unpaired) electrons. The number of anilines is 1. The Hall–Kier alpha value is -2.47. The Morgan fingerprint density at radius 1 is 1.10 bits per heavy atom. The highest BCUT2D eigenvalue weighted by atomic mass is 16.5. The van der Waals surface area contributed by atoms with Crippen LogP contribution in [0.5, 0.6) is 5.75 Å². The molecule has 0 atom stereocenters. The number of benzene rings is 2. The molecule has 0 aliphatic carbocycles. The van der Waals surface area contributed by atoms with Crippen molar-refractivity contribution in [1.82, 2.24) is 0 Å². The van der Waals surface area contributed by atoms with Gasteiger partial charge in [-0.2, -0.15) is 5.26 Å². The molecule has 2 aromatic carbocycles. The molecule has 0 aliphatic rings. The summed E-state index contributed by atoms with van der Waals surface area (Å²) in [7, 11) is 4.02. The van der Waals surface area contributed by atoms with Crippen LogP contribution in [0.1, 0.15) is 11.1 Å². The van der Waals surface area contributed by atoms with Gasteiger partial charge in [0.25, 0.3) is 0 Å². The molecule has 0 aliphatic heterocycles. The van der Waals surface area contributed by atoms with Gasteiger partial charge in [0.15, 0.2) is 0 Å². The summed E-state index contributed by atoms with van der Waals surface area (Å²) in [5.74, 6) is 0.879. The standard InChI is InChI=1S/C17H18N2O/c1-19(2)16-4-3-5-17(12-16)20-11-10-14-6-8-15(13-18)9-7-14/h3-9,12H,10-11H2,1-2H3. The summed E-state index contributed by atoms with van der Waals surface area (Å²) in [6.45, 7) is 0.628. The molecule has 102 valence electrons. The van der Waals surface area contributed by atoms with Crippen LogP contribution >= 0.6 is 0 Å². The van der Waals surface area contributed by atoms with E-state index >= 15 is 0 Å². The van der Waals surface area contributed by atoms with Crippen molar-refractivity contribution in [3.63, 3.8) is 0 Å². The molecular formula is C17H18N2O. The van der Waals surface area contributed by atoms with Crippen LogP contribution in [0.25, 0.3) is 0 Å². The molecule has 3 nitrogen and oxygen atoms in total. The van der Waals surface area contributed by atoms with Gasteiger partial charge in [0.1, 0.15) is 5.75 Å². The van der Waals surface area contributed by atoms with Gasteiger partial charge in [-0.3, -0.25) is 0 Å². The molecule has 0 saturated carbocycles. The van der Waals surface area contributed by atoms with Crippen LogP contribution in [0, 0.1) is 11.3 Å². The van der Waals surface area contributed by atoms with Gasteiger partial charge in [-0.05, 0) is 29.8 Å². The largest absolute Gasteiger partial charge is 0.493 e. The number of hydrogen-bond donors (Lipinski definition) is 0. The maximum absolute atomic E-state index is 8.75. The van der Waals surface area contributed by atoms with Gasteiger partial charge >= 0.3 is 0 Å². The minimum atomic E-state index is 0.628. The van der Waals surface area contributed by atoms with E-state index in [-0.39, 0.29) is 0 Å². The second kappa shape index (κ2) is 6.63. The molecule has 3 heteroatoms. The third-order valence-electron chi connectivity index (χ3n) is 3.08. The molecule has 0 saturated heterocycles. The predicted molar refractivity (Wildman–Crippen MR) is 81.1 cm³/mol. The fourth-order valence-electron chi connectivity index (χ4n) is 1.88. The van der Waals surface area contributed by atoms with Gasteiger partial charge < -0.3 is 9.64 Å². The number of rotatable bonds is 5. The first kappa shape index (κ1) is 14.0. The molecule has 0 N–H and O–H groups in total. The van der Waals surface area contributed by atoms with Crippen molar-refractivity contribution in [2.75, 3.05) is 25.6 Å². The Morgan fingerprint density at radius 3 is 2.50 bits per heavy atom. The molecule has 20 heavy (non-hydrogen) atoms. The molecule has 0 bridgehead atoms. The van der Waals surface area contributed by atoms with Crippen LogP contribution in [0.2, 0.25) is 0 Å². The first-order chi connectivity index (χ1) is 9.69. The fourth-order valence-corrected chi connectivity index (χ4v) is 1.88. The van der Waals surface area contributed by atoms with Crippen molar-refractivity contribution in [1.29, 1.82) is 5.26 Å². The highest BCUT2D eigenvalue weighted by Crippen LogP contribution is 2.19. The average Bonchev–Trinajstić information content (AvgIpc) is 2.48. The zero-order valence-electron chi connectivity index (χ0n) is 11.8. The van der Waals surface area contributed by atoms with Crippen LogP contribution in [0.4, 0.5) is 5.69 Å². The van der Waals surface area contributed by atoms with Crippen molar-refractivity contribution in [2.45, 2.75) is 6.42 Å². The number of nitrogens with zero attached hydrogens (tertiary/aromatic N) is 2. The van der Waals surface area contributed by atoms with Gasteiger partial charge in [0, 0.05) is 32.3 Å². The van der Waals surface area contributed by atoms with Crippen LogP contribution in [-0.2, 0) is 6.42 Å². The smallest absolute Gasteiger partial charge is 0.121 e. The van der Waals surface area contributed by atoms with E-state index in [2.05, 4.69) is 6.07 Å². The summed E-state index contributed by atoms with van der Waals surface area (Å²) in [6.07, 6.45) is 0.831. The third kappa shape index (κ3) is 3.76. The zero-order valence-corrected chi connectivity index (χ0v) is 11.8. The van der Waals surface area contributed by atoms with E-state index in [0.29, 0.717) is 12.2 Å². The third-order valence-corrected chi connectivity index (χ3v) is 3.08. The van der Waals surface area contributed by atoms with E-state index in [1.54, 1.807) is 0 Å². The van der Waals surface area contributed by atoms with Gasteiger partial charge in [0.2, 0.25) is 0 Å². The number of nitriles is 1. The minimum absolute atomic E-state index is 0.628. The van der Waals surface area contributed by atoms with E-state index in [0.717, 1.165) is 17.9 Å². The van der Waals surface area contributed by atoms with Gasteiger partial charge in [0.05, 0.1) is 18.2 Å². The molecule has 0 unspecified atom stereocenters. The molecular weight excluding hydrogens is 248 g/mol. The molecule has 2 aromatic rings. The first-order valence-electron chi connectivity index (χ1n) is 6.58. The molecule has 0 fully saturated rings. The Labute approximate surface area is 120 Å². The summed E-state index contributed by atoms with van der Waals surface area (Å²) in [4.78, 5) is 2.05. The topological polar surface area (TPSA) is 36.3 Å². The first-order valence-corrected chi connectivity index (χ1v) is 6.58. The van der Waals surface area contributed by atoms with Gasteiger partial charge in [-0.15, -0.1) is 0 Å². The SMILES string of the molecule is CN(C)c1cccc(OCCc2ccc(C#N)cc2)c1. The van der Waals surface area contributed by atoms with E-state index in [1.807, 2.05) is 67.5 Å². The lowest BCUT2D eigenvalue weighted by Gasteiger charge is -2.14. The van der Waals surface area contributed by atoms with Crippen molar-refractivity contribution in [3.8, 4) is 11.8 Å². The zero-order chi connectivity index (χ0) is 14.4. The van der Waals surface area contributed by atoms with Crippen LogP contribution in [0.3, 0.4) is 0 Å². The van der Waals surface area contributed by atoms with Crippen molar-refractivity contribution >= 4 is 5.69 Å². The van der Waals surface area contributed by atoms with E-state index < -0.39 is 0 Å². The molecule has 0 amide bonds. The summed E-state index contributed by atoms with van der Waals surface area (Å²) in [5.41, 5.74) is 2.99. The predicted octanol–water partition coefficient (Wildman–Crippen LogP) is 3.25. The summed E-state index contributed by atoms with van der Waals surface area (Å²) in [5, 5.41) is 8.75. The summed E-state index contributed by atoms with van der Waals surface area (Å²) < 4.78 is 5.77. The molecule has 0 aromatic heterocycles. The van der Waals surface area contributed by atoms with Crippen molar-refractivity contribution < 1.29 is 4.74 Å². The highest BCUT2D eigenvalue weighted by molar-refractivity contribution is 5.49. The maximum Gasteiger partial charge on any atom is 0.121 e. The second-order valence-electron chi connectivity index (χ2n) is 4.80. The van der Waals surface area contributed by atoms with Crippen molar-refractivity contribution in [2.24, 2.45) is 0 Å². The lowest BCUT2D eigenvalue weighted by Crippen LogP contribution is -2.09. The van der Waals surface area contributed by atoms with E-state index in [9.17, 15) is 0 Å². The Morgan fingerprint density at radius 2 is 1.85 bits per heavy atom. The molecule has 0 heterocycles. The van der Waals surface area contributed by atoms with Crippen LogP contribution in [-0.4, -0.2) is 20.7 Å². The van der Waals surface area contributed by atoms with Gasteiger partial charge in [-0.1, -0.05) is 18.2 Å². The average molecular weight is 266 g/mol. The summed E-state index contributed by atoms with van der Waals surface area (Å²) in [6, 6.07) is 17.8. The maximum atomic E-state index is 8.75. The second-order valence-corrected chi connectivity index (χ2v) is 4.80. The Kier molecular flexibility index (Phi) is 4.62. The summed E-state index contributed by atoms with van der Waals surface area (Å²) >= 11 is 0. The molecule has 0 spiro atoms. The van der Waals surface area contributed by atoms with Crippen LogP contribution in [0.15, 0.2) is 48.5 Å². The number of ether oxygens (including phenoxy) is 1. The quantitative estimate of drug-likeness (QED) is 0.833. The Balaban J connectivity index is 1.89. The minimum Gasteiger partial charge on any atom is -0.493 e. The molecule has 2 rings (SSSR count). The fraction of sp³-hybridized carbons (Fsp3) is 0.235. The lowest BCUT2D eigenvalue weighted by molar-refractivity contribution is 0.322. The highest BCUT2D eigenvalue weighted by Gasteiger charge is 1.99. The van der Waals surface area contributed by atoms with E-state index in [4.69, 9.17) is 10.00 Å². The van der Waals surface area contributed by atoms with Crippen LogP contribution < -0.4 is 9.64 Å². The number of hydrogen-bond acceptors (Lipinski definition) is 3. The normalized spacial score (nSPS) is 9.85. The Bertz CT molecular complexity index is 597. The van der Waals surface area contributed by atoms with Crippen molar-refractivity contribution in [3.05, 3.63) is 59.7 Å². The lowest BCUT2D eigenvalue weighted by atomic mass is 10.1. The van der Waals surface area contributed by atoms with Gasteiger partial charge in [-0.25, -0.2) is 0 Å².